The third-order valence-corrected chi connectivity index (χ3v) is 4.42. The van der Waals surface area contributed by atoms with Crippen LogP contribution in [-0.2, 0) is 6.54 Å². The van der Waals surface area contributed by atoms with Crippen molar-refractivity contribution in [3.05, 3.63) is 65.1 Å². The second kappa shape index (κ2) is 6.73. The number of rotatable bonds is 4. The highest BCUT2D eigenvalue weighted by Crippen LogP contribution is 2.27. The molecule has 0 spiro atoms. The summed E-state index contributed by atoms with van der Waals surface area (Å²) in [5.41, 5.74) is 1.85. The van der Waals surface area contributed by atoms with E-state index in [-0.39, 0.29) is 5.69 Å². The molecule has 104 valence electrons. The molecule has 0 amide bonds. The maximum absolute atomic E-state index is 10.9. The van der Waals surface area contributed by atoms with Crippen molar-refractivity contribution in [2.24, 2.45) is 0 Å². The average molecular weight is 467 g/mol. The maximum atomic E-state index is 10.9. The second-order valence-electron chi connectivity index (χ2n) is 4.02. The van der Waals surface area contributed by atoms with Crippen LogP contribution in [0.5, 0.6) is 0 Å². The van der Waals surface area contributed by atoms with E-state index < -0.39 is 4.92 Å². The number of nitro groups is 1. The van der Waals surface area contributed by atoms with E-state index in [0.29, 0.717) is 16.0 Å². The van der Waals surface area contributed by atoms with Gasteiger partial charge >= 0.3 is 0 Å². The molecule has 2 rings (SSSR count). The zero-order valence-corrected chi connectivity index (χ0v) is 14.6. The number of nitro benzene ring substituents is 1. The molecule has 0 saturated carbocycles. The fraction of sp³-hybridized carbons (Fsp3) is 0.0769. The van der Waals surface area contributed by atoms with Gasteiger partial charge in [0.15, 0.2) is 0 Å². The van der Waals surface area contributed by atoms with Crippen LogP contribution in [0.25, 0.3) is 0 Å². The van der Waals surface area contributed by atoms with Crippen molar-refractivity contribution < 1.29 is 4.92 Å². The van der Waals surface area contributed by atoms with Crippen LogP contribution in [0.2, 0.25) is 5.02 Å². The molecule has 0 aromatic heterocycles. The smallest absolute Gasteiger partial charge is 0.283 e. The first-order valence-electron chi connectivity index (χ1n) is 5.59. The summed E-state index contributed by atoms with van der Waals surface area (Å²) in [5, 5.41) is 14.8. The van der Waals surface area contributed by atoms with Crippen molar-refractivity contribution in [3.63, 3.8) is 0 Å². The van der Waals surface area contributed by atoms with Crippen LogP contribution in [0.1, 0.15) is 5.56 Å². The number of anilines is 1. The molecule has 4 nitrogen and oxygen atoms in total. The van der Waals surface area contributed by atoms with Gasteiger partial charge in [0.2, 0.25) is 0 Å². The van der Waals surface area contributed by atoms with E-state index in [1.807, 2.05) is 18.2 Å². The lowest BCUT2D eigenvalue weighted by Gasteiger charge is -2.09. The van der Waals surface area contributed by atoms with Crippen molar-refractivity contribution in [2.45, 2.75) is 6.54 Å². The number of halogens is 3. The van der Waals surface area contributed by atoms with E-state index >= 15 is 0 Å². The Kier molecular flexibility index (Phi) is 5.22. The highest BCUT2D eigenvalue weighted by molar-refractivity contribution is 14.1. The summed E-state index contributed by atoms with van der Waals surface area (Å²) >= 11 is 11.3. The Hall–Kier alpha value is -0.860. The number of hydrogen-bond donors (Lipinski definition) is 1. The Morgan fingerprint density at radius 1 is 1.30 bits per heavy atom. The maximum Gasteiger partial charge on any atom is 0.283 e. The van der Waals surface area contributed by atoms with Crippen LogP contribution in [0.4, 0.5) is 11.4 Å². The van der Waals surface area contributed by atoms with Crippen LogP contribution in [0, 0.1) is 13.7 Å². The Morgan fingerprint density at radius 2 is 2.05 bits per heavy atom. The Labute approximate surface area is 142 Å². The molecule has 0 radical (unpaired) electrons. The summed E-state index contributed by atoms with van der Waals surface area (Å²) in [5.74, 6) is 0. The molecule has 0 aliphatic heterocycles. The van der Waals surface area contributed by atoms with E-state index in [1.165, 1.54) is 0 Å². The van der Waals surface area contributed by atoms with Gasteiger partial charge in [-0.15, -0.1) is 0 Å². The van der Waals surface area contributed by atoms with Gasteiger partial charge < -0.3 is 5.32 Å². The van der Waals surface area contributed by atoms with Crippen LogP contribution in [0.15, 0.2) is 40.9 Å². The fourth-order valence-corrected chi connectivity index (χ4v) is 3.09. The Morgan fingerprint density at radius 3 is 2.70 bits per heavy atom. The highest BCUT2D eigenvalue weighted by atomic mass is 127. The molecule has 0 aliphatic rings. The predicted molar refractivity (Wildman–Crippen MR) is 92.3 cm³/mol. The molecule has 7 heteroatoms. The zero-order chi connectivity index (χ0) is 14.7. The van der Waals surface area contributed by atoms with Gasteiger partial charge in [0.05, 0.1) is 9.40 Å². The van der Waals surface area contributed by atoms with E-state index in [0.717, 1.165) is 14.8 Å². The van der Waals surface area contributed by atoms with Gasteiger partial charge in [-0.25, -0.2) is 0 Å². The van der Waals surface area contributed by atoms with Gasteiger partial charge in [-0.3, -0.25) is 10.1 Å². The molecule has 2 aromatic carbocycles. The lowest BCUT2D eigenvalue weighted by Crippen LogP contribution is -2.02. The lowest BCUT2D eigenvalue weighted by atomic mass is 10.2. The fourth-order valence-electron chi connectivity index (χ4n) is 1.64. The van der Waals surface area contributed by atoms with Crippen LogP contribution in [0.3, 0.4) is 0 Å². The van der Waals surface area contributed by atoms with Gasteiger partial charge in [-0.1, -0.05) is 17.7 Å². The predicted octanol–water partition coefficient (Wildman–Crippen LogP) is 5.23. The summed E-state index contributed by atoms with van der Waals surface area (Å²) in [4.78, 5) is 10.5. The molecule has 1 N–H and O–H groups in total. The molecule has 0 fully saturated rings. The second-order valence-corrected chi connectivity index (χ2v) is 6.47. The molecular formula is C13H9BrClIN2O2. The minimum atomic E-state index is -0.403. The van der Waals surface area contributed by atoms with Crippen molar-refractivity contribution in [3.8, 4) is 0 Å². The highest BCUT2D eigenvalue weighted by Gasteiger charge is 2.12. The summed E-state index contributed by atoms with van der Waals surface area (Å²) in [6, 6.07) is 10.6. The number of nitrogens with zero attached hydrogens (tertiary/aromatic N) is 1. The first-order chi connectivity index (χ1) is 9.47. The van der Waals surface area contributed by atoms with Crippen LogP contribution in [-0.4, -0.2) is 4.92 Å². The molecule has 0 unspecified atom stereocenters. The average Bonchev–Trinajstić information content (AvgIpc) is 2.39. The first-order valence-corrected chi connectivity index (χ1v) is 7.84. The molecule has 0 aliphatic carbocycles. The monoisotopic (exact) mass is 466 g/mol. The summed E-state index contributed by atoms with van der Waals surface area (Å²) in [6.07, 6.45) is 0. The molecule has 0 saturated heterocycles. The summed E-state index contributed by atoms with van der Waals surface area (Å²) < 4.78 is 1.48. The third-order valence-electron chi connectivity index (χ3n) is 2.62. The van der Waals surface area contributed by atoms with Crippen molar-refractivity contribution in [1.29, 1.82) is 0 Å². The minimum Gasteiger partial charge on any atom is -0.380 e. The van der Waals surface area contributed by atoms with Gasteiger partial charge in [-0.05, 0) is 68.3 Å². The van der Waals surface area contributed by atoms with Gasteiger partial charge in [0.1, 0.15) is 0 Å². The molecule has 0 atom stereocenters. The number of hydrogen-bond acceptors (Lipinski definition) is 3. The van der Waals surface area contributed by atoms with Gasteiger partial charge in [-0.2, -0.15) is 0 Å². The molecule has 20 heavy (non-hydrogen) atoms. The SMILES string of the molecule is O=[N+]([O-])c1cc(CNc2ccc(Cl)cc2I)ccc1Br. The number of benzene rings is 2. The number of nitrogens with one attached hydrogen (secondary N) is 1. The topological polar surface area (TPSA) is 55.2 Å². The lowest BCUT2D eigenvalue weighted by molar-refractivity contribution is -0.385. The van der Waals surface area contributed by atoms with Crippen LogP contribution < -0.4 is 5.32 Å². The van der Waals surface area contributed by atoms with Crippen molar-refractivity contribution in [1.82, 2.24) is 0 Å². The van der Waals surface area contributed by atoms with Crippen molar-refractivity contribution >= 4 is 61.5 Å². The standard InChI is InChI=1S/C13H9BrClIN2O2/c14-10-3-1-8(5-13(10)18(19)20)7-17-12-4-2-9(15)6-11(12)16/h1-6,17H,7H2. The van der Waals surface area contributed by atoms with Gasteiger partial charge in [0.25, 0.3) is 5.69 Å². The Bertz CT molecular complexity index is 667. The normalized spacial score (nSPS) is 10.3. The van der Waals surface area contributed by atoms with Crippen LogP contribution >= 0.6 is 50.1 Å². The molecule has 2 aromatic rings. The summed E-state index contributed by atoms with van der Waals surface area (Å²) in [6.45, 7) is 0.506. The Balaban J connectivity index is 2.15. The van der Waals surface area contributed by atoms with E-state index in [4.69, 9.17) is 11.6 Å². The molecule has 0 heterocycles. The van der Waals surface area contributed by atoms with E-state index in [2.05, 4.69) is 43.8 Å². The summed E-state index contributed by atoms with van der Waals surface area (Å²) in [7, 11) is 0. The molecule has 0 bridgehead atoms. The van der Waals surface area contributed by atoms with E-state index in [9.17, 15) is 10.1 Å². The van der Waals surface area contributed by atoms with Gasteiger partial charge in [0, 0.05) is 26.9 Å². The minimum absolute atomic E-state index is 0.0649. The van der Waals surface area contributed by atoms with Crippen molar-refractivity contribution in [2.75, 3.05) is 5.32 Å². The third kappa shape index (κ3) is 3.83. The molecular weight excluding hydrogens is 458 g/mol. The largest absolute Gasteiger partial charge is 0.380 e. The van der Waals surface area contributed by atoms with E-state index in [1.54, 1.807) is 18.2 Å². The zero-order valence-electron chi connectivity index (χ0n) is 10.1. The quantitative estimate of drug-likeness (QED) is 0.381. The first kappa shape index (κ1) is 15.5.